The van der Waals surface area contributed by atoms with Crippen LogP contribution in [0.5, 0.6) is 0 Å². The van der Waals surface area contributed by atoms with Crippen molar-refractivity contribution in [1.82, 2.24) is 0 Å². The fourth-order valence-electron chi connectivity index (χ4n) is 2.66. The second kappa shape index (κ2) is 5.27. The summed E-state index contributed by atoms with van der Waals surface area (Å²) < 4.78 is 0. The number of hydrogen-bond donors (Lipinski definition) is 0. The Morgan fingerprint density at radius 3 is 2.19 bits per heavy atom. The molecule has 0 aliphatic rings. The van der Waals surface area contributed by atoms with Crippen LogP contribution in [0.4, 0.5) is 0 Å². The Morgan fingerprint density at radius 2 is 1.38 bits per heavy atom. The predicted molar refractivity (Wildman–Crippen MR) is 90.9 cm³/mol. The van der Waals surface area contributed by atoms with Gasteiger partial charge in [-0.15, -0.1) is 0 Å². The number of benzene rings is 4. The van der Waals surface area contributed by atoms with Gasteiger partial charge >= 0.3 is 0 Å². The molecule has 0 unspecified atom stereocenters. The first-order chi connectivity index (χ1) is 10.4. The normalized spacial score (nSPS) is 11.0. The smallest absolute Gasteiger partial charge is 0.0207 e. The largest absolute Gasteiger partial charge is 0.0888 e. The van der Waals surface area contributed by atoms with E-state index < -0.39 is 0 Å². The summed E-state index contributed by atoms with van der Waals surface area (Å²) in [7, 11) is 0. The maximum Gasteiger partial charge on any atom is 0.0207 e. The Bertz CT molecular complexity index is 910. The molecule has 1 heteroatoms. The lowest BCUT2D eigenvalue weighted by atomic mass is 10.0. The van der Waals surface area contributed by atoms with Crippen LogP contribution in [-0.4, -0.2) is 0 Å². The van der Waals surface area contributed by atoms with Gasteiger partial charge in [-0.1, -0.05) is 78.5 Å². The van der Waals surface area contributed by atoms with Gasteiger partial charge < -0.3 is 0 Å². The van der Waals surface area contributed by atoms with Gasteiger partial charge in [0.25, 0.3) is 0 Å². The van der Waals surface area contributed by atoms with Gasteiger partial charge in [-0.05, 0) is 39.7 Å². The van der Waals surface area contributed by atoms with E-state index in [0.29, 0.717) is 0 Å². The first kappa shape index (κ1) is 12.5. The van der Waals surface area contributed by atoms with Crippen molar-refractivity contribution >= 4 is 33.3 Å². The van der Waals surface area contributed by atoms with Crippen molar-refractivity contribution < 1.29 is 0 Å². The molecule has 0 nitrogen and oxygen atoms in total. The maximum atomic E-state index is 3.29. The lowest BCUT2D eigenvalue weighted by molar-refractivity contribution is 1.43. The molecule has 0 aromatic heterocycles. The predicted octanol–water partition coefficient (Wildman–Crippen LogP) is 5.94. The minimum atomic E-state index is 1.15. The second-order valence-electron chi connectivity index (χ2n) is 4.97. The molecule has 0 spiro atoms. The van der Waals surface area contributed by atoms with Crippen molar-refractivity contribution in [1.29, 1.82) is 0 Å². The summed E-state index contributed by atoms with van der Waals surface area (Å²) in [6.45, 7) is 0. The Kier molecular flexibility index (Phi) is 3.13. The van der Waals surface area contributed by atoms with E-state index in [9.17, 15) is 0 Å². The van der Waals surface area contributed by atoms with Crippen LogP contribution in [0.2, 0.25) is 0 Å². The molecule has 0 N–H and O–H groups in total. The van der Waals surface area contributed by atoms with Crippen LogP contribution in [0.3, 0.4) is 0 Å². The zero-order valence-corrected chi connectivity index (χ0v) is 12.2. The summed E-state index contributed by atoms with van der Waals surface area (Å²) >= 11 is 1.78. The van der Waals surface area contributed by atoms with Crippen molar-refractivity contribution in [2.45, 2.75) is 9.79 Å². The molecule has 0 heterocycles. The van der Waals surface area contributed by atoms with Crippen molar-refractivity contribution in [3.8, 4) is 0 Å². The fraction of sp³-hybridized carbons (Fsp3) is 0. The molecule has 0 saturated carbocycles. The molecule has 21 heavy (non-hydrogen) atoms. The molecule has 4 rings (SSSR count). The number of hydrogen-bond acceptors (Lipinski definition) is 1. The van der Waals surface area contributed by atoms with E-state index in [1.54, 1.807) is 11.8 Å². The SMILES string of the molecule is [c]1ccccc1Sc1cc2ccccc2c2ccccc12. The summed E-state index contributed by atoms with van der Waals surface area (Å²) in [5, 5.41) is 5.22. The van der Waals surface area contributed by atoms with Crippen molar-refractivity contribution in [3.05, 3.63) is 84.9 Å². The van der Waals surface area contributed by atoms with Gasteiger partial charge in [0, 0.05) is 9.79 Å². The van der Waals surface area contributed by atoms with Crippen LogP contribution in [0, 0.1) is 6.07 Å². The molecule has 99 valence electrons. The van der Waals surface area contributed by atoms with E-state index in [2.05, 4.69) is 72.8 Å². The Hall–Kier alpha value is -2.25. The van der Waals surface area contributed by atoms with Gasteiger partial charge in [0.1, 0.15) is 0 Å². The standard InChI is InChI=1S/C20H13S/c1-2-9-16(10-3-1)21-20-14-15-8-4-5-11-17(15)18-12-6-7-13-19(18)20/h1-9,11-14H. The van der Waals surface area contributed by atoms with Crippen molar-refractivity contribution in [3.63, 3.8) is 0 Å². The van der Waals surface area contributed by atoms with E-state index in [0.717, 1.165) is 4.90 Å². The third-order valence-electron chi connectivity index (χ3n) is 3.63. The minimum absolute atomic E-state index is 1.15. The summed E-state index contributed by atoms with van der Waals surface area (Å²) in [5.41, 5.74) is 0. The van der Waals surface area contributed by atoms with Gasteiger partial charge in [0.15, 0.2) is 0 Å². The first-order valence-corrected chi connectivity index (χ1v) is 7.78. The summed E-state index contributed by atoms with van der Waals surface area (Å²) in [4.78, 5) is 2.43. The van der Waals surface area contributed by atoms with Gasteiger partial charge in [-0.25, -0.2) is 0 Å². The van der Waals surface area contributed by atoms with Crippen LogP contribution in [0.15, 0.2) is 88.7 Å². The molecule has 0 bridgehead atoms. The molecule has 4 aromatic carbocycles. The average Bonchev–Trinajstić information content (AvgIpc) is 2.56. The highest BCUT2D eigenvalue weighted by Gasteiger charge is 2.07. The van der Waals surface area contributed by atoms with Crippen molar-refractivity contribution in [2.24, 2.45) is 0 Å². The Balaban J connectivity index is 1.98. The quantitative estimate of drug-likeness (QED) is 0.410. The molecular weight excluding hydrogens is 272 g/mol. The third kappa shape index (κ3) is 2.30. The Morgan fingerprint density at radius 1 is 0.667 bits per heavy atom. The Labute approximate surface area is 128 Å². The third-order valence-corrected chi connectivity index (χ3v) is 4.66. The highest BCUT2D eigenvalue weighted by molar-refractivity contribution is 7.99. The monoisotopic (exact) mass is 285 g/mol. The van der Waals surface area contributed by atoms with E-state index >= 15 is 0 Å². The molecule has 0 saturated heterocycles. The summed E-state index contributed by atoms with van der Waals surface area (Å²) in [6, 6.07) is 30.9. The van der Waals surface area contributed by atoms with E-state index in [-0.39, 0.29) is 0 Å². The lowest BCUT2D eigenvalue weighted by Gasteiger charge is -2.10. The molecular formula is C20H13S. The maximum absolute atomic E-state index is 3.29. The zero-order valence-electron chi connectivity index (χ0n) is 11.4. The van der Waals surface area contributed by atoms with Gasteiger partial charge in [-0.2, -0.15) is 0 Å². The van der Waals surface area contributed by atoms with E-state index in [1.165, 1.54) is 26.4 Å². The topological polar surface area (TPSA) is 0 Å². The average molecular weight is 285 g/mol. The van der Waals surface area contributed by atoms with Crippen LogP contribution < -0.4 is 0 Å². The van der Waals surface area contributed by atoms with Crippen LogP contribution in [-0.2, 0) is 0 Å². The number of fused-ring (bicyclic) bond motifs is 3. The number of rotatable bonds is 2. The molecule has 4 aromatic rings. The first-order valence-electron chi connectivity index (χ1n) is 6.97. The van der Waals surface area contributed by atoms with E-state index in [1.807, 2.05) is 12.1 Å². The molecule has 0 atom stereocenters. The highest BCUT2D eigenvalue weighted by Crippen LogP contribution is 2.37. The molecule has 0 amide bonds. The van der Waals surface area contributed by atoms with Crippen LogP contribution in [0.25, 0.3) is 21.5 Å². The lowest BCUT2D eigenvalue weighted by Crippen LogP contribution is -1.82. The minimum Gasteiger partial charge on any atom is -0.0888 e. The van der Waals surface area contributed by atoms with Crippen LogP contribution in [0.1, 0.15) is 0 Å². The second-order valence-corrected chi connectivity index (χ2v) is 6.05. The summed E-state index contributed by atoms with van der Waals surface area (Å²) in [5.74, 6) is 0. The zero-order chi connectivity index (χ0) is 14.1. The highest BCUT2D eigenvalue weighted by atomic mass is 32.2. The van der Waals surface area contributed by atoms with Gasteiger partial charge in [0.05, 0.1) is 0 Å². The fourth-order valence-corrected chi connectivity index (χ4v) is 3.65. The molecule has 1 radical (unpaired) electrons. The molecule has 0 fully saturated rings. The van der Waals surface area contributed by atoms with E-state index in [4.69, 9.17) is 0 Å². The molecule has 0 aliphatic carbocycles. The molecule has 0 aliphatic heterocycles. The summed E-state index contributed by atoms with van der Waals surface area (Å²) in [6.07, 6.45) is 0. The van der Waals surface area contributed by atoms with Gasteiger partial charge in [-0.3, -0.25) is 0 Å². The van der Waals surface area contributed by atoms with Gasteiger partial charge in [0.2, 0.25) is 0 Å². The van der Waals surface area contributed by atoms with Crippen molar-refractivity contribution in [2.75, 3.05) is 0 Å². The van der Waals surface area contributed by atoms with Crippen LogP contribution >= 0.6 is 11.8 Å².